The van der Waals surface area contributed by atoms with Gasteiger partial charge in [0.15, 0.2) is 0 Å². The Labute approximate surface area is 145 Å². The molecule has 25 heavy (non-hydrogen) atoms. The van der Waals surface area contributed by atoms with Crippen LogP contribution in [0.2, 0.25) is 0 Å². The fraction of sp³-hybridized carbons (Fsp3) is 0.333. The largest absolute Gasteiger partial charge is 0.462 e. The molecule has 1 fully saturated rings. The second-order valence-corrected chi connectivity index (χ2v) is 5.98. The van der Waals surface area contributed by atoms with Gasteiger partial charge in [-0.3, -0.25) is 0 Å². The van der Waals surface area contributed by atoms with Crippen LogP contribution in [0.1, 0.15) is 42.0 Å². The molecule has 1 atom stereocenters. The number of ether oxygens (including phenoxy) is 1. The van der Waals surface area contributed by atoms with E-state index < -0.39 is 5.97 Å². The molecule has 3 aromatic rings. The van der Waals surface area contributed by atoms with Gasteiger partial charge >= 0.3 is 5.97 Å². The predicted molar refractivity (Wildman–Crippen MR) is 93.4 cm³/mol. The highest BCUT2D eigenvalue weighted by Crippen LogP contribution is 2.33. The minimum Gasteiger partial charge on any atom is -0.462 e. The summed E-state index contributed by atoms with van der Waals surface area (Å²) in [7, 11) is 0. The van der Waals surface area contributed by atoms with Gasteiger partial charge in [0.2, 0.25) is 5.95 Å². The number of nitrogens with zero attached hydrogens (tertiary/aromatic N) is 4. The van der Waals surface area contributed by atoms with E-state index >= 15 is 0 Å². The van der Waals surface area contributed by atoms with E-state index in [1.807, 2.05) is 24.3 Å². The van der Waals surface area contributed by atoms with Gasteiger partial charge in [0, 0.05) is 18.9 Å². The Kier molecular flexibility index (Phi) is 4.05. The number of para-hydroxylation sites is 2. The lowest BCUT2D eigenvalue weighted by Gasteiger charge is -2.22. The Morgan fingerprint density at radius 1 is 1.32 bits per heavy atom. The third-order valence-electron chi connectivity index (χ3n) is 4.38. The van der Waals surface area contributed by atoms with Crippen molar-refractivity contribution >= 4 is 23.0 Å². The third kappa shape index (κ3) is 2.93. The Morgan fingerprint density at radius 2 is 2.12 bits per heavy atom. The van der Waals surface area contributed by atoms with Crippen LogP contribution in [-0.2, 0) is 4.74 Å². The van der Waals surface area contributed by atoms with Crippen LogP contribution in [0.5, 0.6) is 0 Å². The fourth-order valence-corrected chi connectivity index (χ4v) is 3.21. The molecule has 1 aliphatic rings. The summed E-state index contributed by atoms with van der Waals surface area (Å²) in [6, 6.07) is 8.11. The average molecular weight is 337 g/mol. The molecule has 4 rings (SSSR count). The first-order valence-corrected chi connectivity index (χ1v) is 8.46. The molecule has 0 saturated carbocycles. The van der Waals surface area contributed by atoms with Gasteiger partial charge in [-0.05, 0) is 31.9 Å². The number of carbonyl (C=O) groups is 1. The Morgan fingerprint density at radius 3 is 2.88 bits per heavy atom. The SMILES string of the molecule is CCOC(=O)c1cnc(N2CCCC2c2nc3ccccc3[nH]2)nc1. The van der Waals surface area contributed by atoms with Gasteiger partial charge < -0.3 is 14.6 Å². The molecule has 0 aliphatic carbocycles. The summed E-state index contributed by atoms with van der Waals surface area (Å²) in [5.41, 5.74) is 2.36. The first-order valence-electron chi connectivity index (χ1n) is 8.46. The number of nitrogens with one attached hydrogen (secondary N) is 1. The number of carbonyl (C=O) groups excluding carboxylic acids is 1. The van der Waals surface area contributed by atoms with Gasteiger partial charge in [0.25, 0.3) is 0 Å². The smallest absolute Gasteiger partial charge is 0.341 e. The Bertz CT molecular complexity index is 857. The first-order chi connectivity index (χ1) is 12.3. The third-order valence-corrected chi connectivity index (χ3v) is 4.38. The topological polar surface area (TPSA) is 84.0 Å². The van der Waals surface area contributed by atoms with Crippen molar-refractivity contribution in [1.82, 2.24) is 19.9 Å². The minimum absolute atomic E-state index is 0.112. The maximum atomic E-state index is 11.7. The molecule has 3 heterocycles. The Balaban J connectivity index is 1.59. The summed E-state index contributed by atoms with van der Waals surface area (Å²) in [5.74, 6) is 1.14. The molecule has 0 radical (unpaired) electrons. The standard InChI is InChI=1S/C18H19N5O2/c1-2-25-17(24)12-10-19-18(20-11-12)23-9-5-8-15(23)16-21-13-6-3-4-7-14(13)22-16/h3-4,6-7,10-11,15H,2,5,8-9H2,1H3,(H,21,22). The number of imidazole rings is 1. The van der Waals surface area contributed by atoms with Gasteiger partial charge in [0.1, 0.15) is 5.82 Å². The summed E-state index contributed by atoms with van der Waals surface area (Å²) < 4.78 is 4.97. The van der Waals surface area contributed by atoms with E-state index in [-0.39, 0.29) is 6.04 Å². The quantitative estimate of drug-likeness (QED) is 0.737. The molecule has 0 bridgehead atoms. The van der Waals surface area contributed by atoms with Crippen molar-refractivity contribution in [2.45, 2.75) is 25.8 Å². The summed E-state index contributed by atoms with van der Waals surface area (Å²) >= 11 is 0. The second kappa shape index (κ2) is 6.51. The van der Waals surface area contributed by atoms with E-state index in [9.17, 15) is 4.79 Å². The summed E-state index contributed by atoms with van der Waals surface area (Å²) in [5, 5.41) is 0. The summed E-state index contributed by atoms with van der Waals surface area (Å²) in [4.78, 5) is 30.7. The molecule has 1 saturated heterocycles. The lowest BCUT2D eigenvalue weighted by molar-refractivity contribution is 0.0525. The number of fused-ring (bicyclic) bond motifs is 1. The number of H-pyrrole nitrogens is 1. The molecule has 1 aromatic carbocycles. The zero-order valence-corrected chi connectivity index (χ0v) is 14.0. The molecule has 1 unspecified atom stereocenters. The van der Waals surface area contributed by atoms with Gasteiger partial charge in [-0.25, -0.2) is 19.7 Å². The molecule has 0 spiro atoms. The molecule has 1 N–H and O–H groups in total. The molecule has 7 nitrogen and oxygen atoms in total. The van der Waals surface area contributed by atoms with Crippen molar-refractivity contribution in [2.24, 2.45) is 0 Å². The van der Waals surface area contributed by atoms with Crippen LogP contribution in [0, 0.1) is 0 Å². The average Bonchev–Trinajstić information content (AvgIpc) is 3.28. The number of anilines is 1. The van der Waals surface area contributed by atoms with Crippen LogP contribution in [0.15, 0.2) is 36.7 Å². The number of esters is 1. The number of hydrogen-bond donors (Lipinski definition) is 1. The molecular weight excluding hydrogens is 318 g/mol. The first kappa shape index (κ1) is 15.6. The zero-order chi connectivity index (χ0) is 17.2. The second-order valence-electron chi connectivity index (χ2n) is 5.98. The molecule has 1 aliphatic heterocycles. The van der Waals surface area contributed by atoms with Crippen LogP contribution < -0.4 is 4.90 Å². The number of aromatic amines is 1. The van der Waals surface area contributed by atoms with Gasteiger partial charge in [-0.1, -0.05) is 12.1 Å². The van der Waals surface area contributed by atoms with E-state index in [2.05, 4.69) is 19.9 Å². The van der Waals surface area contributed by atoms with Crippen molar-refractivity contribution in [2.75, 3.05) is 18.1 Å². The highest BCUT2D eigenvalue weighted by Gasteiger charge is 2.30. The fourth-order valence-electron chi connectivity index (χ4n) is 3.21. The van der Waals surface area contributed by atoms with Gasteiger partial charge in [-0.2, -0.15) is 0 Å². The van der Waals surface area contributed by atoms with E-state index in [0.29, 0.717) is 18.1 Å². The maximum Gasteiger partial charge on any atom is 0.341 e. The monoisotopic (exact) mass is 337 g/mol. The van der Waals surface area contributed by atoms with Crippen LogP contribution in [0.4, 0.5) is 5.95 Å². The molecule has 0 amide bonds. The lowest BCUT2D eigenvalue weighted by Crippen LogP contribution is -2.25. The van der Waals surface area contributed by atoms with Crippen molar-refractivity contribution < 1.29 is 9.53 Å². The number of aromatic nitrogens is 4. The van der Waals surface area contributed by atoms with Crippen LogP contribution in [-0.4, -0.2) is 39.1 Å². The minimum atomic E-state index is -0.399. The van der Waals surface area contributed by atoms with Crippen molar-refractivity contribution in [3.8, 4) is 0 Å². The lowest BCUT2D eigenvalue weighted by atomic mass is 10.2. The van der Waals surface area contributed by atoms with E-state index in [0.717, 1.165) is 36.2 Å². The van der Waals surface area contributed by atoms with Gasteiger partial charge in [-0.15, -0.1) is 0 Å². The van der Waals surface area contributed by atoms with Crippen molar-refractivity contribution in [3.63, 3.8) is 0 Å². The highest BCUT2D eigenvalue weighted by molar-refractivity contribution is 5.88. The predicted octanol–water partition coefficient (Wildman–Crippen LogP) is 2.87. The van der Waals surface area contributed by atoms with Crippen LogP contribution >= 0.6 is 0 Å². The van der Waals surface area contributed by atoms with E-state index in [1.165, 1.54) is 12.4 Å². The number of benzene rings is 1. The molecule has 128 valence electrons. The van der Waals surface area contributed by atoms with E-state index in [1.54, 1.807) is 6.92 Å². The molecular formula is C18H19N5O2. The van der Waals surface area contributed by atoms with Crippen molar-refractivity contribution in [3.05, 3.63) is 48.0 Å². The molecule has 7 heteroatoms. The van der Waals surface area contributed by atoms with Crippen LogP contribution in [0.3, 0.4) is 0 Å². The normalized spacial score (nSPS) is 17.2. The number of rotatable bonds is 4. The number of hydrogen-bond acceptors (Lipinski definition) is 6. The highest BCUT2D eigenvalue weighted by atomic mass is 16.5. The molecule has 2 aromatic heterocycles. The Hall–Kier alpha value is -2.96. The van der Waals surface area contributed by atoms with Crippen LogP contribution in [0.25, 0.3) is 11.0 Å². The summed E-state index contributed by atoms with van der Waals surface area (Å²) in [6.07, 6.45) is 5.08. The zero-order valence-electron chi connectivity index (χ0n) is 14.0. The summed E-state index contributed by atoms with van der Waals surface area (Å²) in [6.45, 7) is 2.97. The van der Waals surface area contributed by atoms with Crippen molar-refractivity contribution in [1.29, 1.82) is 0 Å². The maximum absolute atomic E-state index is 11.7. The van der Waals surface area contributed by atoms with Gasteiger partial charge in [0.05, 0.1) is 29.2 Å². The van der Waals surface area contributed by atoms with E-state index in [4.69, 9.17) is 9.72 Å².